The molecule has 0 bridgehead atoms. The molecule has 1 amide bonds. The molecule has 2 fully saturated rings. The van der Waals surface area contributed by atoms with Crippen LogP contribution in [0.1, 0.15) is 29.0 Å². The molecule has 0 spiro atoms. The van der Waals surface area contributed by atoms with Crippen molar-refractivity contribution in [2.45, 2.75) is 25.3 Å². The molecule has 1 aromatic carbocycles. The highest BCUT2D eigenvalue weighted by atomic mass is 16.5. The molecule has 2 heterocycles. The molecule has 128 valence electrons. The number of furan rings is 1. The van der Waals surface area contributed by atoms with Gasteiger partial charge in [0.05, 0.1) is 32.0 Å². The minimum absolute atomic E-state index is 0.149. The van der Waals surface area contributed by atoms with Crippen molar-refractivity contribution in [1.82, 2.24) is 5.32 Å². The quantitative estimate of drug-likeness (QED) is 0.846. The van der Waals surface area contributed by atoms with E-state index in [0.717, 1.165) is 17.7 Å². The van der Waals surface area contributed by atoms with Crippen molar-refractivity contribution >= 4 is 16.9 Å². The van der Waals surface area contributed by atoms with E-state index in [1.54, 1.807) is 6.92 Å². The van der Waals surface area contributed by atoms with Crippen LogP contribution < -0.4 is 10.1 Å². The summed E-state index contributed by atoms with van der Waals surface area (Å²) in [5.74, 6) is 1.70. The smallest absolute Gasteiger partial charge is 0.256 e. The molecule has 0 radical (unpaired) electrons. The van der Waals surface area contributed by atoms with Gasteiger partial charge in [0.1, 0.15) is 22.6 Å². The minimum Gasteiger partial charge on any atom is -0.493 e. The van der Waals surface area contributed by atoms with Crippen molar-refractivity contribution in [3.8, 4) is 5.75 Å². The number of ether oxygens (including phenoxy) is 2. The number of amides is 1. The predicted molar refractivity (Wildman–Crippen MR) is 87.3 cm³/mol. The zero-order chi connectivity index (χ0) is 16.7. The predicted octanol–water partition coefficient (Wildman–Crippen LogP) is 2.02. The lowest BCUT2D eigenvalue weighted by Crippen LogP contribution is -2.64. The molecule has 1 aliphatic heterocycles. The van der Waals surface area contributed by atoms with E-state index in [4.69, 9.17) is 13.9 Å². The first-order valence-electron chi connectivity index (χ1n) is 8.27. The number of fused-ring (bicyclic) bond motifs is 1. The van der Waals surface area contributed by atoms with Crippen molar-refractivity contribution in [1.29, 1.82) is 0 Å². The lowest BCUT2D eigenvalue weighted by molar-refractivity contribution is -0.0919. The van der Waals surface area contributed by atoms with Crippen LogP contribution in [0.15, 0.2) is 22.6 Å². The van der Waals surface area contributed by atoms with Crippen molar-refractivity contribution in [3.05, 3.63) is 29.5 Å². The van der Waals surface area contributed by atoms with Gasteiger partial charge in [-0.3, -0.25) is 4.79 Å². The summed E-state index contributed by atoms with van der Waals surface area (Å²) in [5, 5.41) is 13.1. The minimum atomic E-state index is -0.687. The molecule has 1 saturated carbocycles. The van der Waals surface area contributed by atoms with Crippen LogP contribution in [0.3, 0.4) is 0 Å². The Morgan fingerprint density at radius 3 is 2.83 bits per heavy atom. The first kappa shape index (κ1) is 15.5. The first-order chi connectivity index (χ1) is 11.6. The standard InChI is InChI=1S/C18H21NO5/c1-11-16(17(21)19-18(8-20)9-22-10-18)14-6-13(4-5-15(14)24-11)23-7-12-2-3-12/h4-6,12,20H,2-3,7-10H2,1H3,(H,19,21). The highest BCUT2D eigenvalue weighted by molar-refractivity contribution is 6.07. The molecule has 6 nitrogen and oxygen atoms in total. The van der Waals surface area contributed by atoms with Crippen LogP contribution in [-0.2, 0) is 4.74 Å². The third-order valence-corrected chi connectivity index (χ3v) is 4.68. The molecule has 0 unspecified atom stereocenters. The number of aliphatic hydroxyl groups is 1. The lowest BCUT2D eigenvalue weighted by atomic mass is 9.97. The van der Waals surface area contributed by atoms with E-state index in [1.807, 2.05) is 18.2 Å². The highest BCUT2D eigenvalue weighted by Gasteiger charge is 2.40. The Morgan fingerprint density at radius 2 is 2.21 bits per heavy atom. The van der Waals surface area contributed by atoms with Gasteiger partial charge < -0.3 is 24.3 Å². The van der Waals surface area contributed by atoms with Crippen LogP contribution in [0, 0.1) is 12.8 Å². The number of aryl methyl sites for hydroxylation is 1. The maximum absolute atomic E-state index is 12.7. The summed E-state index contributed by atoms with van der Waals surface area (Å²) in [6.07, 6.45) is 2.46. The third-order valence-electron chi connectivity index (χ3n) is 4.68. The summed E-state index contributed by atoms with van der Waals surface area (Å²) in [6.45, 7) is 2.97. The molecule has 2 aromatic rings. The second-order valence-electron chi connectivity index (χ2n) is 6.83. The normalized spacial score (nSPS) is 19.1. The van der Waals surface area contributed by atoms with Crippen LogP contribution in [-0.4, -0.2) is 43.0 Å². The van der Waals surface area contributed by atoms with Gasteiger partial charge in [0, 0.05) is 5.39 Å². The summed E-state index contributed by atoms with van der Waals surface area (Å²) in [4.78, 5) is 12.7. The third kappa shape index (κ3) is 2.76. The summed E-state index contributed by atoms with van der Waals surface area (Å²) in [5.41, 5.74) is 0.452. The Morgan fingerprint density at radius 1 is 1.42 bits per heavy atom. The number of rotatable bonds is 6. The molecule has 6 heteroatoms. The maximum Gasteiger partial charge on any atom is 0.256 e. The molecule has 2 aliphatic rings. The van der Waals surface area contributed by atoms with Crippen molar-refractivity contribution in [3.63, 3.8) is 0 Å². The average Bonchev–Trinajstić information content (AvgIpc) is 3.30. The van der Waals surface area contributed by atoms with Crippen LogP contribution in [0.25, 0.3) is 11.0 Å². The largest absolute Gasteiger partial charge is 0.493 e. The monoisotopic (exact) mass is 331 g/mol. The van der Waals surface area contributed by atoms with Crippen LogP contribution in [0.4, 0.5) is 0 Å². The second kappa shape index (κ2) is 5.79. The van der Waals surface area contributed by atoms with Crippen LogP contribution in [0.5, 0.6) is 5.75 Å². The number of carbonyl (C=O) groups is 1. The van der Waals surface area contributed by atoms with Gasteiger partial charge in [0.2, 0.25) is 0 Å². The maximum atomic E-state index is 12.7. The SMILES string of the molecule is Cc1oc2ccc(OCC3CC3)cc2c1C(=O)NC1(CO)COC1. The summed E-state index contributed by atoms with van der Waals surface area (Å²) >= 11 is 0. The van der Waals surface area contributed by atoms with Gasteiger partial charge >= 0.3 is 0 Å². The number of hydrogen-bond donors (Lipinski definition) is 2. The van der Waals surface area contributed by atoms with Crippen LogP contribution >= 0.6 is 0 Å². The number of aliphatic hydroxyl groups excluding tert-OH is 1. The van der Waals surface area contributed by atoms with Gasteiger partial charge in [-0.15, -0.1) is 0 Å². The Balaban J connectivity index is 1.61. The van der Waals surface area contributed by atoms with E-state index in [9.17, 15) is 9.90 Å². The van der Waals surface area contributed by atoms with Gasteiger partial charge in [-0.25, -0.2) is 0 Å². The molecule has 0 atom stereocenters. The van der Waals surface area contributed by atoms with Gasteiger partial charge in [-0.2, -0.15) is 0 Å². The lowest BCUT2D eigenvalue weighted by Gasteiger charge is -2.40. The van der Waals surface area contributed by atoms with Crippen LogP contribution in [0.2, 0.25) is 0 Å². The Kier molecular flexibility index (Phi) is 3.73. The molecule has 24 heavy (non-hydrogen) atoms. The van der Waals surface area contributed by atoms with E-state index in [0.29, 0.717) is 36.0 Å². The van der Waals surface area contributed by atoms with E-state index in [1.165, 1.54) is 12.8 Å². The number of hydrogen-bond acceptors (Lipinski definition) is 5. The van der Waals surface area contributed by atoms with E-state index < -0.39 is 5.54 Å². The second-order valence-corrected chi connectivity index (χ2v) is 6.83. The van der Waals surface area contributed by atoms with Gasteiger partial charge in [-0.05, 0) is 43.9 Å². The van der Waals surface area contributed by atoms with Crippen molar-refractivity contribution < 1.29 is 23.8 Å². The van der Waals surface area contributed by atoms with Crippen molar-refractivity contribution in [2.75, 3.05) is 26.4 Å². The van der Waals surface area contributed by atoms with E-state index >= 15 is 0 Å². The first-order valence-corrected chi connectivity index (χ1v) is 8.27. The number of nitrogens with one attached hydrogen (secondary N) is 1. The molecule has 4 rings (SSSR count). The zero-order valence-corrected chi connectivity index (χ0v) is 13.6. The van der Waals surface area contributed by atoms with E-state index in [-0.39, 0.29) is 12.5 Å². The van der Waals surface area contributed by atoms with E-state index in [2.05, 4.69) is 5.32 Å². The molecular formula is C18H21NO5. The summed E-state index contributed by atoms with van der Waals surface area (Å²) < 4.78 is 16.6. The Bertz CT molecular complexity index is 768. The Hall–Kier alpha value is -2.05. The zero-order valence-electron chi connectivity index (χ0n) is 13.6. The van der Waals surface area contributed by atoms with Crippen molar-refractivity contribution in [2.24, 2.45) is 5.92 Å². The Labute approximate surface area is 139 Å². The summed E-state index contributed by atoms with van der Waals surface area (Å²) in [6, 6.07) is 5.55. The fourth-order valence-corrected chi connectivity index (χ4v) is 2.92. The summed E-state index contributed by atoms with van der Waals surface area (Å²) in [7, 11) is 0. The number of benzene rings is 1. The van der Waals surface area contributed by atoms with Gasteiger partial charge in [0.25, 0.3) is 5.91 Å². The molecule has 1 aliphatic carbocycles. The average molecular weight is 331 g/mol. The van der Waals surface area contributed by atoms with Gasteiger partial charge in [0.15, 0.2) is 0 Å². The molecule has 1 aromatic heterocycles. The molecule has 2 N–H and O–H groups in total. The fourth-order valence-electron chi connectivity index (χ4n) is 2.92. The molecular weight excluding hydrogens is 310 g/mol. The number of carbonyl (C=O) groups excluding carboxylic acids is 1. The fraction of sp³-hybridized carbons (Fsp3) is 0.500. The van der Waals surface area contributed by atoms with Gasteiger partial charge in [-0.1, -0.05) is 0 Å². The highest BCUT2D eigenvalue weighted by Crippen LogP contribution is 2.32. The molecule has 1 saturated heterocycles. The topological polar surface area (TPSA) is 80.9 Å².